The smallest absolute Gasteiger partial charge is 0.255 e. The first-order valence-electron chi connectivity index (χ1n) is 11.4. The van der Waals surface area contributed by atoms with Crippen molar-refractivity contribution >= 4 is 11.6 Å². The lowest BCUT2D eigenvalue weighted by Crippen LogP contribution is -2.37. The van der Waals surface area contributed by atoms with E-state index in [0.717, 1.165) is 48.5 Å². The zero-order valence-electron chi connectivity index (χ0n) is 19.2. The largest absolute Gasteiger partial charge is 0.494 e. The molecular formula is C28H32N2O2. The number of benzene rings is 3. The molecular weight excluding hydrogens is 396 g/mol. The van der Waals surface area contributed by atoms with Gasteiger partial charge in [0.25, 0.3) is 5.91 Å². The molecule has 0 radical (unpaired) electrons. The maximum absolute atomic E-state index is 13.0. The Bertz CT molecular complexity index is 1040. The molecule has 1 aliphatic heterocycles. The predicted molar refractivity (Wildman–Crippen MR) is 132 cm³/mol. The number of para-hydroxylation sites is 1. The number of hydrogen-bond donors (Lipinski definition) is 1. The van der Waals surface area contributed by atoms with Gasteiger partial charge in [0.15, 0.2) is 0 Å². The van der Waals surface area contributed by atoms with Crippen LogP contribution in [0.1, 0.15) is 48.5 Å². The van der Waals surface area contributed by atoms with Gasteiger partial charge < -0.3 is 15.0 Å². The van der Waals surface area contributed by atoms with Crippen LogP contribution in [-0.2, 0) is 0 Å². The lowest BCUT2D eigenvalue weighted by atomic mass is 9.88. The van der Waals surface area contributed by atoms with Crippen LogP contribution in [0.15, 0.2) is 72.8 Å². The highest BCUT2D eigenvalue weighted by molar-refractivity contribution is 6.05. The molecule has 4 nitrogen and oxygen atoms in total. The summed E-state index contributed by atoms with van der Waals surface area (Å²) in [6, 6.07) is 24.5. The Hall–Kier alpha value is -3.11. The van der Waals surface area contributed by atoms with Crippen LogP contribution in [-0.4, -0.2) is 37.0 Å². The fourth-order valence-corrected chi connectivity index (χ4v) is 4.57. The molecule has 32 heavy (non-hydrogen) atoms. The summed E-state index contributed by atoms with van der Waals surface area (Å²) in [5.74, 6) is 1.10. The second-order valence-corrected chi connectivity index (χ2v) is 8.73. The van der Waals surface area contributed by atoms with Crippen LogP contribution < -0.4 is 10.1 Å². The second kappa shape index (κ2) is 10.0. The molecule has 1 saturated heterocycles. The predicted octanol–water partition coefficient (Wildman–Crippen LogP) is 6.20. The molecule has 0 saturated carbocycles. The standard InChI is InChI=1S/C28H32N2O2/c1-20(2)30-18-16-23(17-19-30)25-10-7-11-26(27(25)32-3)29-28(31)24-14-12-22(13-15-24)21-8-5-4-6-9-21/h4-15,20,23H,16-19H2,1-3H3,(H,29,31). The highest BCUT2D eigenvalue weighted by Gasteiger charge is 2.25. The fraction of sp³-hybridized carbons (Fsp3) is 0.321. The van der Waals surface area contributed by atoms with Crippen LogP contribution >= 0.6 is 0 Å². The van der Waals surface area contributed by atoms with Gasteiger partial charge in [-0.1, -0.05) is 54.6 Å². The highest BCUT2D eigenvalue weighted by atomic mass is 16.5. The van der Waals surface area contributed by atoms with Crippen LogP contribution in [0.3, 0.4) is 0 Å². The molecule has 3 aromatic rings. The quantitative estimate of drug-likeness (QED) is 0.508. The zero-order chi connectivity index (χ0) is 22.5. The minimum atomic E-state index is -0.130. The lowest BCUT2D eigenvalue weighted by Gasteiger charge is -2.35. The highest BCUT2D eigenvalue weighted by Crippen LogP contribution is 2.39. The molecule has 4 heteroatoms. The van der Waals surface area contributed by atoms with Gasteiger partial charge in [0.2, 0.25) is 0 Å². The van der Waals surface area contributed by atoms with E-state index in [4.69, 9.17) is 4.74 Å². The topological polar surface area (TPSA) is 41.6 Å². The van der Waals surface area contributed by atoms with Crippen molar-refractivity contribution in [3.63, 3.8) is 0 Å². The van der Waals surface area contributed by atoms with E-state index in [1.54, 1.807) is 7.11 Å². The number of piperidine rings is 1. The maximum Gasteiger partial charge on any atom is 0.255 e. The molecule has 0 bridgehead atoms. The molecule has 1 aliphatic rings. The number of ether oxygens (including phenoxy) is 1. The van der Waals surface area contributed by atoms with E-state index in [2.05, 4.69) is 42.3 Å². The molecule has 0 spiro atoms. The van der Waals surface area contributed by atoms with Crippen molar-refractivity contribution in [2.45, 2.75) is 38.6 Å². The molecule has 4 rings (SSSR count). The van der Waals surface area contributed by atoms with Gasteiger partial charge in [-0.3, -0.25) is 4.79 Å². The average molecular weight is 429 g/mol. The van der Waals surface area contributed by atoms with Crippen molar-refractivity contribution < 1.29 is 9.53 Å². The first-order valence-corrected chi connectivity index (χ1v) is 11.4. The van der Waals surface area contributed by atoms with Gasteiger partial charge in [-0.2, -0.15) is 0 Å². The van der Waals surface area contributed by atoms with Crippen LogP contribution in [0.25, 0.3) is 11.1 Å². The lowest BCUT2D eigenvalue weighted by molar-refractivity contribution is 0.102. The van der Waals surface area contributed by atoms with Crippen molar-refractivity contribution in [2.75, 3.05) is 25.5 Å². The number of methoxy groups -OCH3 is 1. The summed E-state index contributed by atoms with van der Waals surface area (Å²) in [6.45, 7) is 6.69. The van der Waals surface area contributed by atoms with Gasteiger partial charge in [-0.15, -0.1) is 0 Å². The number of carbonyl (C=O) groups excluding carboxylic acids is 1. The number of nitrogens with one attached hydrogen (secondary N) is 1. The first kappa shape index (κ1) is 22.1. The Morgan fingerprint density at radius 2 is 1.56 bits per heavy atom. The number of rotatable bonds is 6. The molecule has 1 heterocycles. The Labute approximate surface area is 191 Å². The number of hydrogen-bond acceptors (Lipinski definition) is 3. The normalized spacial score (nSPS) is 15.0. The first-order chi connectivity index (χ1) is 15.6. The third-order valence-electron chi connectivity index (χ3n) is 6.45. The average Bonchev–Trinajstić information content (AvgIpc) is 2.84. The minimum absolute atomic E-state index is 0.130. The number of anilines is 1. The maximum atomic E-state index is 13.0. The van der Waals surface area contributed by atoms with Crippen molar-refractivity contribution in [2.24, 2.45) is 0 Å². The summed E-state index contributed by atoms with van der Waals surface area (Å²) in [5, 5.41) is 3.07. The third-order valence-corrected chi connectivity index (χ3v) is 6.45. The molecule has 1 amide bonds. The Morgan fingerprint density at radius 1 is 0.906 bits per heavy atom. The Kier molecular flexibility index (Phi) is 6.91. The van der Waals surface area contributed by atoms with Gasteiger partial charge in [0.1, 0.15) is 5.75 Å². The Balaban J connectivity index is 1.49. The van der Waals surface area contributed by atoms with Crippen LogP contribution in [0, 0.1) is 0 Å². The summed E-state index contributed by atoms with van der Waals surface area (Å²) >= 11 is 0. The third kappa shape index (κ3) is 4.86. The molecule has 0 atom stereocenters. The fourth-order valence-electron chi connectivity index (χ4n) is 4.57. The van der Waals surface area contributed by atoms with Gasteiger partial charge in [-0.05, 0) is 80.6 Å². The van der Waals surface area contributed by atoms with E-state index in [9.17, 15) is 4.79 Å². The summed E-state index contributed by atoms with van der Waals surface area (Å²) in [4.78, 5) is 15.5. The van der Waals surface area contributed by atoms with Gasteiger partial charge >= 0.3 is 0 Å². The molecule has 0 unspecified atom stereocenters. The summed E-state index contributed by atoms with van der Waals surface area (Å²) < 4.78 is 5.79. The van der Waals surface area contributed by atoms with Crippen LogP contribution in [0.5, 0.6) is 5.75 Å². The molecule has 1 N–H and O–H groups in total. The number of nitrogens with zero attached hydrogens (tertiary/aromatic N) is 1. The number of amides is 1. The molecule has 166 valence electrons. The van der Waals surface area contributed by atoms with Gasteiger partial charge in [0.05, 0.1) is 12.8 Å². The Morgan fingerprint density at radius 3 is 2.19 bits per heavy atom. The van der Waals surface area contributed by atoms with Gasteiger partial charge in [0, 0.05) is 11.6 Å². The van der Waals surface area contributed by atoms with Gasteiger partial charge in [-0.25, -0.2) is 0 Å². The van der Waals surface area contributed by atoms with E-state index in [1.165, 1.54) is 5.56 Å². The van der Waals surface area contributed by atoms with Crippen molar-refractivity contribution in [1.29, 1.82) is 0 Å². The van der Waals surface area contributed by atoms with Crippen LogP contribution in [0.4, 0.5) is 5.69 Å². The molecule has 1 fully saturated rings. The molecule has 0 aliphatic carbocycles. The number of carbonyl (C=O) groups is 1. The summed E-state index contributed by atoms with van der Waals surface area (Å²) in [5.41, 5.74) is 4.77. The SMILES string of the molecule is COc1c(NC(=O)c2ccc(-c3ccccc3)cc2)cccc1C1CCN(C(C)C)CC1. The summed E-state index contributed by atoms with van der Waals surface area (Å²) in [6.07, 6.45) is 2.21. The van der Waals surface area contributed by atoms with Crippen LogP contribution in [0.2, 0.25) is 0 Å². The summed E-state index contributed by atoms with van der Waals surface area (Å²) in [7, 11) is 1.69. The van der Waals surface area contributed by atoms with E-state index in [-0.39, 0.29) is 5.91 Å². The van der Waals surface area contributed by atoms with E-state index in [0.29, 0.717) is 17.5 Å². The van der Waals surface area contributed by atoms with E-state index < -0.39 is 0 Å². The van der Waals surface area contributed by atoms with Crippen molar-refractivity contribution in [3.8, 4) is 16.9 Å². The zero-order valence-corrected chi connectivity index (χ0v) is 19.2. The monoisotopic (exact) mass is 428 g/mol. The molecule has 3 aromatic carbocycles. The second-order valence-electron chi connectivity index (χ2n) is 8.73. The van der Waals surface area contributed by atoms with Crippen molar-refractivity contribution in [1.82, 2.24) is 4.90 Å². The van der Waals surface area contributed by atoms with E-state index in [1.807, 2.05) is 54.6 Å². The minimum Gasteiger partial charge on any atom is -0.494 e. The molecule has 0 aromatic heterocycles. The number of likely N-dealkylation sites (tertiary alicyclic amines) is 1. The van der Waals surface area contributed by atoms with E-state index >= 15 is 0 Å². The van der Waals surface area contributed by atoms with Crippen molar-refractivity contribution in [3.05, 3.63) is 83.9 Å².